The molecule has 0 amide bonds. The van der Waals surface area contributed by atoms with Crippen LogP contribution in [0.2, 0.25) is 0 Å². The molecule has 108 valence electrons. The molecule has 1 aromatic rings. The van der Waals surface area contributed by atoms with Crippen molar-refractivity contribution in [2.45, 2.75) is 25.1 Å². The van der Waals surface area contributed by atoms with Crippen LogP contribution in [0.15, 0.2) is 30.9 Å². The van der Waals surface area contributed by atoms with Crippen molar-refractivity contribution in [1.82, 2.24) is 0 Å². The quantitative estimate of drug-likeness (QED) is 0.830. The predicted octanol–water partition coefficient (Wildman–Crippen LogP) is 4.10. The van der Waals surface area contributed by atoms with E-state index in [1.54, 1.807) is 6.08 Å². The fraction of sp³-hybridized carbons (Fsp3) is 0.385. The molecule has 0 fully saturated rings. The Morgan fingerprint density at radius 2 is 2.00 bits per heavy atom. The van der Waals surface area contributed by atoms with Crippen molar-refractivity contribution in [2.75, 3.05) is 7.11 Å². The summed E-state index contributed by atoms with van der Waals surface area (Å²) >= 11 is 0. The van der Waals surface area contributed by atoms with Gasteiger partial charge >= 0.3 is 6.18 Å². The lowest BCUT2D eigenvalue weighted by Gasteiger charge is -2.15. The van der Waals surface area contributed by atoms with Gasteiger partial charge in [-0.2, -0.15) is 13.2 Å². The molecule has 0 bridgehead atoms. The molecular weight excluding hydrogens is 279 g/mol. The van der Waals surface area contributed by atoms with E-state index >= 15 is 0 Å². The summed E-state index contributed by atoms with van der Waals surface area (Å²) in [6.07, 6.45) is -1.51. The lowest BCUT2D eigenvalue weighted by Crippen LogP contribution is -2.13. The Bertz CT molecular complexity index is 421. The second-order valence-electron chi connectivity index (χ2n) is 3.97. The molecule has 1 rings (SSSR count). The maximum atomic E-state index is 12.7. The van der Waals surface area contributed by atoms with Crippen molar-refractivity contribution in [3.63, 3.8) is 0 Å². The molecule has 0 unspecified atom stereocenters. The topological polar surface area (TPSA) is 35.2 Å². The van der Waals surface area contributed by atoms with E-state index in [1.165, 1.54) is 13.2 Å². The highest BCUT2D eigenvalue weighted by molar-refractivity contribution is 5.85. The number of benzene rings is 1. The van der Waals surface area contributed by atoms with Crippen molar-refractivity contribution >= 4 is 12.4 Å². The Kier molecular flexibility index (Phi) is 6.94. The lowest BCUT2D eigenvalue weighted by molar-refractivity contribution is -0.137. The molecule has 0 saturated heterocycles. The monoisotopic (exact) mass is 295 g/mol. The van der Waals surface area contributed by atoms with Gasteiger partial charge < -0.3 is 10.5 Å². The average Bonchev–Trinajstić information content (AvgIpc) is 2.34. The Morgan fingerprint density at radius 1 is 1.37 bits per heavy atom. The summed E-state index contributed by atoms with van der Waals surface area (Å²) in [4.78, 5) is 0. The van der Waals surface area contributed by atoms with E-state index in [1.807, 2.05) is 0 Å². The Morgan fingerprint density at radius 3 is 2.47 bits per heavy atom. The molecule has 19 heavy (non-hydrogen) atoms. The minimum atomic E-state index is -4.40. The normalized spacial score (nSPS) is 12.5. The summed E-state index contributed by atoms with van der Waals surface area (Å²) in [5, 5.41) is 0. The molecule has 2 nitrogen and oxygen atoms in total. The second-order valence-corrected chi connectivity index (χ2v) is 3.97. The molecule has 0 heterocycles. The Hall–Kier alpha value is -1.20. The highest BCUT2D eigenvalue weighted by Gasteiger charge is 2.31. The summed E-state index contributed by atoms with van der Waals surface area (Å²) in [5.74, 6) is 0.161. The van der Waals surface area contributed by atoms with Gasteiger partial charge in [-0.25, -0.2) is 0 Å². The number of ether oxygens (including phenoxy) is 1. The van der Waals surface area contributed by atoms with Crippen molar-refractivity contribution in [3.05, 3.63) is 42.0 Å². The molecule has 6 heteroatoms. The van der Waals surface area contributed by atoms with E-state index in [-0.39, 0.29) is 18.2 Å². The predicted molar refractivity (Wildman–Crippen MR) is 71.6 cm³/mol. The molecule has 1 atom stereocenters. The molecule has 0 radical (unpaired) electrons. The van der Waals surface area contributed by atoms with Crippen molar-refractivity contribution < 1.29 is 17.9 Å². The summed E-state index contributed by atoms with van der Waals surface area (Å²) in [5.41, 5.74) is 5.52. The van der Waals surface area contributed by atoms with Crippen LogP contribution < -0.4 is 10.5 Å². The first-order valence-corrected chi connectivity index (χ1v) is 5.51. The third-order valence-electron chi connectivity index (χ3n) is 2.60. The highest BCUT2D eigenvalue weighted by atomic mass is 35.5. The van der Waals surface area contributed by atoms with Crippen LogP contribution >= 0.6 is 12.4 Å². The highest BCUT2D eigenvalue weighted by Crippen LogP contribution is 2.34. The zero-order valence-electron chi connectivity index (χ0n) is 10.5. The van der Waals surface area contributed by atoms with Crippen LogP contribution in [0.5, 0.6) is 5.75 Å². The fourth-order valence-electron chi connectivity index (χ4n) is 1.58. The number of methoxy groups -OCH3 is 1. The zero-order valence-corrected chi connectivity index (χ0v) is 11.4. The first-order chi connectivity index (χ1) is 8.38. The number of alkyl halides is 3. The summed E-state index contributed by atoms with van der Waals surface area (Å²) < 4.78 is 42.9. The molecule has 0 aliphatic rings. The molecule has 0 spiro atoms. The van der Waals surface area contributed by atoms with Crippen LogP contribution in [-0.2, 0) is 6.18 Å². The maximum absolute atomic E-state index is 12.7. The number of hydrogen-bond donors (Lipinski definition) is 1. The van der Waals surface area contributed by atoms with Crippen LogP contribution in [0.25, 0.3) is 0 Å². The van der Waals surface area contributed by atoms with E-state index < -0.39 is 17.8 Å². The number of rotatable bonds is 5. The van der Waals surface area contributed by atoms with Gasteiger partial charge in [0.25, 0.3) is 0 Å². The van der Waals surface area contributed by atoms with Gasteiger partial charge in [0.1, 0.15) is 5.75 Å². The van der Waals surface area contributed by atoms with Crippen LogP contribution in [0, 0.1) is 0 Å². The van der Waals surface area contributed by atoms with E-state index in [0.29, 0.717) is 18.4 Å². The number of nitrogens with two attached hydrogens (primary N) is 1. The van der Waals surface area contributed by atoms with Crippen LogP contribution in [-0.4, -0.2) is 7.11 Å². The van der Waals surface area contributed by atoms with Crippen LogP contribution in [0.4, 0.5) is 13.2 Å². The van der Waals surface area contributed by atoms with Gasteiger partial charge in [-0.3, -0.25) is 0 Å². The van der Waals surface area contributed by atoms with Gasteiger partial charge in [-0.1, -0.05) is 6.08 Å². The second kappa shape index (κ2) is 7.40. The molecule has 0 saturated carbocycles. The molecule has 0 aliphatic carbocycles. The summed E-state index contributed by atoms with van der Waals surface area (Å²) in [7, 11) is 1.33. The van der Waals surface area contributed by atoms with E-state index in [9.17, 15) is 13.2 Å². The average molecular weight is 296 g/mol. The summed E-state index contributed by atoms with van der Waals surface area (Å²) in [6, 6.07) is 3.10. The van der Waals surface area contributed by atoms with Crippen molar-refractivity contribution in [2.24, 2.45) is 5.73 Å². The number of halogens is 4. The van der Waals surface area contributed by atoms with Gasteiger partial charge in [0.05, 0.1) is 12.7 Å². The molecule has 0 aromatic heterocycles. The molecule has 0 aliphatic heterocycles. The minimum absolute atomic E-state index is 0. The van der Waals surface area contributed by atoms with Crippen LogP contribution in [0.1, 0.15) is 30.0 Å². The van der Waals surface area contributed by atoms with Crippen molar-refractivity contribution in [3.8, 4) is 5.75 Å². The smallest absolute Gasteiger partial charge is 0.416 e. The molecular formula is C13H17ClF3NO. The lowest BCUT2D eigenvalue weighted by atomic mass is 10.00. The van der Waals surface area contributed by atoms with Crippen molar-refractivity contribution in [1.29, 1.82) is 0 Å². The summed E-state index contributed by atoms with van der Waals surface area (Å²) in [6.45, 7) is 3.56. The maximum Gasteiger partial charge on any atom is 0.416 e. The van der Waals surface area contributed by atoms with E-state index in [0.717, 1.165) is 12.1 Å². The Labute approximate surface area is 116 Å². The van der Waals surface area contributed by atoms with Crippen LogP contribution in [0.3, 0.4) is 0 Å². The SMILES string of the molecule is C=CCC[C@@H](N)c1cc(OC)cc(C(F)(F)F)c1.Cl. The first-order valence-electron chi connectivity index (χ1n) is 5.51. The minimum Gasteiger partial charge on any atom is -0.497 e. The van der Waals surface area contributed by atoms with Gasteiger partial charge in [0.2, 0.25) is 0 Å². The first kappa shape index (κ1) is 17.8. The molecule has 1 aromatic carbocycles. The third kappa shape index (κ3) is 5.12. The molecule has 2 N–H and O–H groups in total. The third-order valence-corrected chi connectivity index (χ3v) is 2.60. The van der Waals surface area contributed by atoms with Gasteiger partial charge in [0.15, 0.2) is 0 Å². The van der Waals surface area contributed by atoms with E-state index in [4.69, 9.17) is 10.5 Å². The Balaban J connectivity index is 0.00000324. The zero-order chi connectivity index (χ0) is 13.8. The fourth-order valence-corrected chi connectivity index (χ4v) is 1.58. The number of hydrogen-bond acceptors (Lipinski definition) is 2. The largest absolute Gasteiger partial charge is 0.497 e. The van der Waals surface area contributed by atoms with Gasteiger partial charge in [0, 0.05) is 6.04 Å². The standard InChI is InChI=1S/C13H16F3NO.ClH/c1-3-4-5-12(17)9-6-10(13(14,15)16)8-11(7-9)18-2;/h3,6-8,12H,1,4-5,17H2,2H3;1H/t12-;/m1./s1. The van der Waals surface area contributed by atoms with Gasteiger partial charge in [-0.15, -0.1) is 19.0 Å². The number of allylic oxidation sites excluding steroid dienone is 1. The van der Waals surface area contributed by atoms with E-state index in [2.05, 4.69) is 6.58 Å². The van der Waals surface area contributed by atoms with Gasteiger partial charge in [-0.05, 0) is 36.6 Å².